The Hall–Kier alpha value is -1.89. The van der Waals surface area contributed by atoms with Gasteiger partial charge in [0.15, 0.2) is 11.5 Å². The van der Waals surface area contributed by atoms with Gasteiger partial charge < -0.3 is 9.09 Å². The van der Waals surface area contributed by atoms with Gasteiger partial charge in [0.25, 0.3) is 0 Å². The second kappa shape index (κ2) is 5.14. The largest absolute Gasteiger partial charge is 0.337 e. The molecule has 3 aromatic rings. The van der Waals surface area contributed by atoms with Gasteiger partial charge in [-0.2, -0.15) is 10.1 Å². The Morgan fingerprint density at radius 1 is 1.29 bits per heavy atom. The number of rotatable bonds is 4. The third-order valence-corrected chi connectivity index (χ3v) is 3.54. The predicted octanol–water partition coefficient (Wildman–Crippen LogP) is 2.60. The number of fused-ring (bicyclic) bond motifs is 1. The van der Waals surface area contributed by atoms with Crippen LogP contribution < -0.4 is 0 Å². The van der Waals surface area contributed by atoms with Crippen LogP contribution in [0, 0.1) is 13.8 Å². The lowest BCUT2D eigenvalue weighted by Gasteiger charge is -2.09. The third-order valence-electron chi connectivity index (χ3n) is 3.35. The van der Waals surface area contributed by atoms with Gasteiger partial charge in [0.05, 0.1) is 11.1 Å². The van der Waals surface area contributed by atoms with Crippen LogP contribution in [-0.4, -0.2) is 29.5 Å². The summed E-state index contributed by atoms with van der Waals surface area (Å²) in [6.07, 6.45) is 0. The molecule has 7 nitrogen and oxygen atoms in total. The molecule has 0 aliphatic rings. The molecule has 0 saturated carbocycles. The number of halogens is 1. The van der Waals surface area contributed by atoms with Gasteiger partial charge in [0.2, 0.25) is 5.89 Å². The van der Waals surface area contributed by atoms with E-state index in [0.29, 0.717) is 18.3 Å². The van der Waals surface area contributed by atoms with Crippen LogP contribution >= 0.6 is 11.6 Å². The molecule has 3 rings (SSSR count). The number of hydrogen-bond donors (Lipinski definition) is 0. The van der Waals surface area contributed by atoms with Crippen molar-refractivity contribution in [3.05, 3.63) is 23.2 Å². The van der Waals surface area contributed by atoms with Gasteiger partial charge in [-0.3, -0.25) is 0 Å². The molecular weight excluding hydrogens is 292 g/mol. The Labute approximate surface area is 126 Å². The maximum atomic E-state index is 6.28. The van der Waals surface area contributed by atoms with E-state index in [4.69, 9.17) is 16.1 Å². The van der Waals surface area contributed by atoms with Crippen LogP contribution in [0.1, 0.15) is 42.5 Å². The first kappa shape index (κ1) is 14.1. The SMILES string of the molecule is CCn1nc(C)c2nc(C(C)Cl)n(Cc3nc(C)no3)c21. The first-order valence-electron chi connectivity index (χ1n) is 6.88. The Morgan fingerprint density at radius 3 is 2.62 bits per heavy atom. The molecule has 0 radical (unpaired) electrons. The third kappa shape index (κ3) is 2.31. The van der Waals surface area contributed by atoms with Crippen molar-refractivity contribution in [2.24, 2.45) is 0 Å². The van der Waals surface area contributed by atoms with Crippen LogP contribution in [0.3, 0.4) is 0 Å². The molecule has 8 heteroatoms. The molecule has 1 atom stereocenters. The number of alkyl halides is 1. The van der Waals surface area contributed by atoms with Crippen LogP contribution in [0.2, 0.25) is 0 Å². The number of imidazole rings is 1. The number of aromatic nitrogens is 6. The van der Waals surface area contributed by atoms with Gasteiger partial charge in [-0.05, 0) is 27.7 Å². The zero-order valence-electron chi connectivity index (χ0n) is 12.5. The lowest BCUT2D eigenvalue weighted by Crippen LogP contribution is -2.10. The first-order valence-corrected chi connectivity index (χ1v) is 7.31. The summed E-state index contributed by atoms with van der Waals surface area (Å²) in [6, 6.07) is 0. The first-order chi connectivity index (χ1) is 10.0. The quantitative estimate of drug-likeness (QED) is 0.693. The number of nitrogens with zero attached hydrogens (tertiary/aromatic N) is 6. The number of hydrogen-bond acceptors (Lipinski definition) is 5. The van der Waals surface area contributed by atoms with Gasteiger partial charge >= 0.3 is 0 Å². The Morgan fingerprint density at radius 2 is 2.05 bits per heavy atom. The fourth-order valence-corrected chi connectivity index (χ4v) is 2.63. The van der Waals surface area contributed by atoms with Crippen molar-refractivity contribution in [3.8, 4) is 0 Å². The lowest BCUT2D eigenvalue weighted by molar-refractivity contribution is 0.366. The van der Waals surface area contributed by atoms with E-state index in [0.717, 1.165) is 29.2 Å². The molecule has 0 aromatic carbocycles. The molecular formula is C13H17ClN6O. The zero-order valence-corrected chi connectivity index (χ0v) is 13.2. The molecule has 0 saturated heterocycles. The van der Waals surface area contributed by atoms with Crippen molar-refractivity contribution in [2.75, 3.05) is 0 Å². The maximum absolute atomic E-state index is 6.28. The molecule has 0 bridgehead atoms. The van der Waals surface area contributed by atoms with E-state index in [1.54, 1.807) is 6.92 Å². The standard InChI is InChI=1S/C13H17ClN6O/c1-5-20-13-11(8(3)17-20)16-12(7(2)14)19(13)6-10-15-9(4)18-21-10/h7H,5-6H2,1-4H3. The van der Waals surface area contributed by atoms with E-state index >= 15 is 0 Å². The molecule has 0 aliphatic carbocycles. The molecule has 0 aliphatic heterocycles. The molecule has 3 heterocycles. The second-order valence-corrected chi connectivity index (χ2v) is 5.64. The summed E-state index contributed by atoms with van der Waals surface area (Å²) in [5.41, 5.74) is 2.70. The summed E-state index contributed by atoms with van der Waals surface area (Å²) in [5, 5.41) is 8.11. The molecule has 1 unspecified atom stereocenters. The predicted molar refractivity (Wildman–Crippen MR) is 78.3 cm³/mol. The highest BCUT2D eigenvalue weighted by atomic mass is 35.5. The smallest absolute Gasteiger partial charge is 0.246 e. The van der Waals surface area contributed by atoms with E-state index in [9.17, 15) is 0 Å². The highest BCUT2D eigenvalue weighted by Crippen LogP contribution is 2.27. The van der Waals surface area contributed by atoms with E-state index in [-0.39, 0.29) is 5.38 Å². The summed E-state index contributed by atoms with van der Waals surface area (Å²) < 4.78 is 9.14. The maximum Gasteiger partial charge on any atom is 0.246 e. The van der Waals surface area contributed by atoms with Crippen molar-refractivity contribution < 1.29 is 4.52 Å². The van der Waals surface area contributed by atoms with Crippen LogP contribution in [0.4, 0.5) is 0 Å². The molecule has 0 spiro atoms. The Balaban J connectivity index is 2.19. The molecule has 0 N–H and O–H groups in total. The molecule has 3 aromatic heterocycles. The highest BCUT2D eigenvalue weighted by molar-refractivity contribution is 6.20. The van der Waals surface area contributed by atoms with Gasteiger partial charge in [0, 0.05) is 6.54 Å². The van der Waals surface area contributed by atoms with Crippen molar-refractivity contribution in [1.82, 2.24) is 29.5 Å². The normalized spacial score (nSPS) is 13.2. The average molecular weight is 309 g/mol. The van der Waals surface area contributed by atoms with Crippen LogP contribution in [0.25, 0.3) is 11.2 Å². The molecule has 112 valence electrons. The zero-order chi connectivity index (χ0) is 15.1. The van der Waals surface area contributed by atoms with Crippen LogP contribution in [0.15, 0.2) is 4.52 Å². The summed E-state index contributed by atoms with van der Waals surface area (Å²) in [7, 11) is 0. The highest BCUT2D eigenvalue weighted by Gasteiger charge is 2.22. The van der Waals surface area contributed by atoms with Gasteiger partial charge in [0.1, 0.15) is 17.9 Å². The van der Waals surface area contributed by atoms with E-state index < -0.39 is 0 Å². The fraction of sp³-hybridized carbons (Fsp3) is 0.538. The topological polar surface area (TPSA) is 74.6 Å². The number of aryl methyl sites for hydroxylation is 3. The summed E-state index contributed by atoms with van der Waals surface area (Å²) in [4.78, 5) is 8.90. The van der Waals surface area contributed by atoms with Gasteiger partial charge in [-0.25, -0.2) is 9.67 Å². The van der Waals surface area contributed by atoms with Crippen LogP contribution in [0.5, 0.6) is 0 Å². The lowest BCUT2D eigenvalue weighted by atomic mass is 10.4. The minimum atomic E-state index is -0.217. The Kier molecular flexibility index (Phi) is 3.44. The minimum absolute atomic E-state index is 0.217. The van der Waals surface area contributed by atoms with E-state index in [1.165, 1.54) is 0 Å². The Bertz CT molecular complexity index is 784. The van der Waals surface area contributed by atoms with Crippen molar-refractivity contribution in [1.29, 1.82) is 0 Å². The van der Waals surface area contributed by atoms with Crippen molar-refractivity contribution in [3.63, 3.8) is 0 Å². The van der Waals surface area contributed by atoms with Crippen molar-refractivity contribution >= 4 is 22.8 Å². The second-order valence-electron chi connectivity index (χ2n) is 4.98. The minimum Gasteiger partial charge on any atom is -0.337 e. The fourth-order valence-electron chi connectivity index (χ4n) is 2.46. The average Bonchev–Trinajstić information content (AvgIpc) is 3.08. The van der Waals surface area contributed by atoms with Gasteiger partial charge in [-0.1, -0.05) is 5.16 Å². The molecule has 0 amide bonds. The summed E-state index contributed by atoms with van der Waals surface area (Å²) in [6.45, 7) is 8.89. The summed E-state index contributed by atoms with van der Waals surface area (Å²) in [5.74, 6) is 1.93. The van der Waals surface area contributed by atoms with Crippen molar-refractivity contribution in [2.45, 2.75) is 46.2 Å². The van der Waals surface area contributed by atoms with Crippen LogP contribution in [-0.2, 0) is 13.1 Å². The summed E-state index contributed by atoms with van der Waals surface area (Å²) >= 11 is 6.28. The van der Waals surface area contributed by atoms with E-state index in [2.05, 4.69) is 20.2 Å². The monoisotopic (exact) mass is 308 g/mol. The van der Waals surface area contributed by atoms with Gasteiger partial charge in [-0.15, -0.1) is 11.6 Å². The molecule has 0 fully saturated rings. The van der Waals surface area contributed by atoms with E-state index in [1.807, 2.05) is 30.0 Å². The molecule has 21 heavy (non-hydrogen) atoms.